The summed E-state index contributed by atoms with van der Waals surface area (Å²) >= 11 is 0. The Morgan fingerprint density at radius 1 is 1.21 bits per heavy atom. The Bertz CT molecular complexity index is 177. The van der Waals surface area contributed by atoms with Gasteiger partial charge in [0.25, 0.3) is 0 Å². The second-order valence-electron chi connectivity index (χ2n) is 5.34. The average molecular weight is 196 g/mol. The molecule has 0 radical (unpaired) electrons. The minimum atomic E-state index is 0.750. The van der Waals surface area contributed by atoms with Crippen molar-refractivity contribution < 1.29 is 0 Å². The summed E-state index contributed by atoms with van der Waals surface area (Å²) in [7, 11) is 2.28. The predicted octanol–water partition coefficient (Wildman–Crippen LogP) is 1.72. The Hall–Kier alpha value is -0.0800. The van der Waals surface area contributed by atoms with E-state index >= 15 is 0 Å². The van der Waals surface area contributed by atoms with E-state index in [-0.39, 0.29) is 0 Å². The van der Waals surface area contributed by atoms with E-state index in [1.807, 2.05) is 0 Å². The van der Waals surface area contributed by atoms with Gasteiger partial charge in [-0.15, -0.1) is 0 Å². The molecule has 1 saturated carbocycles. The highest BCUT2D eigenvalue weighted by Gasteiger charge is 2.25. The van der Waals surface area contributed by atoms with Crippen LogP contribution < -0.4 is 5.32 Å². The van der Waals surface area contributed by atoms with Crippen molar-refractivity contribution in [2.45, 2.75) is 38.6 Å². The number of rotatable bonds is 4. The Morgan fingerprint density at radius 2 is 2.00 bits per heavy atom. The van der Waals surface area contributed by atoms with Gasteiger partial charge in [0.15, 0.2) is 0 Å². The third-order valence-electron chi connectivity index (χ3n) is 4.00. The van der Waals surface area contributed by atoms with Crippen LogP contribution in [0.4, 0.5) is 0 Å². The number of likely N-dealkylation sites (N-methyl/N-ethyl adjacent to an activating group) is 1. The summed E-state index contributed by atoms with van der Waals surface area (Å²) in [4.78, 5) is 2.53. The highest BCUT2D eigenvalue weighted by Crippen LogP contribution is 2.27. The van der Waals surface area contributed by atoms with Gasteiger partial charge in [0.1, 0.15) is 0 Å². The van der Waals surface area contributed by atoms with E-state index in [1.54, 1.807) is 0 Å². The first-order valence-electron chi connectivity index (χ1n) is 6.17. The van der Waals surface area contributed by atoms with Gasteiger partial charge < -0.3 is 10.2 Å². The summed E-state index contributed by atoms with van der Waals surface area (Å²) in [6.07, 6.45) is 5.77. The summed E-state index contributed by atoms with van der Waals surface area (Å²) in [6.45, 7) is 6.17. The summed E-state index contributed by atoms with van der Waals surface area (Å²) in [5.74, 6) is 1.88. The maximum Gasteiger partial charge on any atom is 0.0220 e. The zero-order valence-corrected chi connectivity index (χ0v) is 9.63. The minimum Gasteiger partial charge on any atom is -0.312 e. The standard InChI is InChI=1S/C12H24N2/c1-10-6-7-13-12(10)9-14(2)8-11-4-3-5-11/h10-13H,3-9H2,1-2H3. The average Bonchev–Trinajstić information content (AvgIpc) is 2.45. The first-order valence-corrected chi connectivity index (χ1v) is 6.17. The molecule has 0 aromatic rings. The molecule has 0 aromatic carbocycles. The lowest BCUT2D eigenvalue weighted by atomic mass is 9.85. The minimum absolute atomic E-state index is 0.750. The predicted molar refractivity (Wildman–Crippen MR) is 60.4 cm³/mol. The van der Waals surface area contributed by atoms with Gasteiger partial charge in [0.05, 0.1) is 0 Å². The molecule has 2 atom stereocenters. The van der Waals surface area contributed by atoms with Crippen LogP contribution in [0.5, 0.6) is 0 Å². The molecule has 0 amide bonds. The Labute approximate surface area is 88.1 Å². The third kappa shape index (κ3) is 2.48. The molecule has 2 unspecified atom stereocenters. The van der Waals surface area contributed by atoms with Gasteiger partial charge in [-0.25, -0.2) is 0 Å². The largest absolute Gasteiger partial charge is 0.312 e. The van der Waals surface area contributed by atoms with Crippen LogP contribution in [0, 0.1) is 11.8 Å². The first kappa shape index (κ1) is 10.4. The molecule has 14 heavy (non-hydrogen) atoms. The van der Waals surface area contributed by atoms with Crippen molar-refractivity contribution in [3.05, 3.63) is 0 Å². The molecule has 1 N–H and O–H groups in total. The smallest absolute Gasteiger partial charge is 0.0220 e. The lowest BCUT2D eigenvalue weighted by Crippen LogP contribution is -2.41. The molecule has 1 aliphatic carbocycles. The number of hydrogen-bond acceptors (Lipinski definition) is 2. The number of hydrogen-bond donors (Lipinski definition) is 1. The van der Waals surface area contributed by atoms with E-state index in [1.165, 1.54) is 45.3 Å². The first-order chi connectivity index (χ1) is 6.75. The third-order valence-corrected chi connectivity index (χ3v) is 4.00. The van der Waals surface area contributed by atoms with E-state index in [2.05, 4.69) is 24.2 Å². The molecule has 82 valence electrons. The Balaban J connectivity index is 1.67. The SMILES string of the molecule is CC1CCNC1CN(C)CC1CCC1. The highest BCUT2D eigenvalue weighted by molar-refractivity contribution is 4.84. The maximum absolute atomic E-state index is 3.60. The van der Waals surface area contributed by atoms with Crippen LogP contribution in [0.25, 0.3) is 0 Å². The summed E-state index contributed by atoms with van der Waals surface area (Å²) < 4.78 is 0. The van der Waals surface area contributed by atoms with E-state index in [4.69, 9.17) is 0 Å². The van der Waals surface area contributed by atoms with E-state index in [0.29, 0.717) is 0 Å². The van der Waals surface area contributed by atoms with E-state index < -0.39 is 0 Å². The molecule has 1 saturated heterocycles. The van der Waals surface area contributed by atoms with Crippen LogP contribution in [0.1, 0.15) is 32.6 Å². The van der Waals surface area contributed by atoms with E-state index in [9.17, 15) is 0 Å². The van der Waals surface area contributed by atoms with Gasteiger partial charge in [-0.3, -0.25) is 0 Å². The van der Waals surface area contributed by atoms with E-state index in [0.717, 1.165) is 17.9 Å². The summed E-state index contributed by atoms with van der Waals surface area (Å²) in [5, 5.41) is 3.60. The zero-order chi connectivity index (χ0) is 9.97. The molecule has 0 bridgehead atoms. The van der Waals surface area contributed by atoms with Gasteiger partial charge in [-0.1, -0.05) is 13.3 Å². The molecule has 1 heterocycles. The van der Waals surface area contributed by atoms with Crippen molar-refractivity contribution >= 4 is 0 Å². The van der Waals surface area contributed by atoms with Crippen LogP contribution in [0.15, 0.2) is 0 Å². The quantitative estimate of drug-likeness (QED) is 0.736. The lowest BCUT2D eigenvalue weighted by Gasteiger charge is -2.32. The van der Waals surface area contributed by atoms with Crippen molar-refractivity contribution in [3.8, 4) is 0 Å². The molecule has 2 heteroatoms. The fourth-order valence-corrected chi connectivity index (χ4v) is 2.67. The molecule has 2 aliphatic rings. The second kappa shape index (κ2) is 4.63. The van der Waals surface area contributed by atoms with Crippen LogP contribution in [-0.2, 0) is 0 Å². The molecule has 2 nitrogen and oxygen atoms in total. The van der Waals surface area contributed by atoms with Gasteiger partial charge in [-0.05, 0) is 44.7 Å². The van der Waals surface area contributed by atoms with Crippen molar-refractivity contribution in [2.75, 3.05) is 26.7 Å². The zero-order valence-electron chi connectivity index (χ0n) is 9.63. The fraction of sp³-hybridized carbons (Fsp3) is 1.00. The summed E-state index contributed by atoms with van der Waals surface area (Å²) in [5.41, 5.74) is 0. The molecule has 2 rings (SSSR count). The monoisotopic (exact) mass is 196 g/mol. The van der Waals surface area contributed by atoms with Crippen LogP contribution in [-0.4, -0.2) is 37.6 Å². The topological polar surface area (TPSA) is 15.3 Å². The molecule has 2 fully saturated rings. The highest BCUT2D eigenvalue weighted by atomic mass is 15.1. The van der Waals surface area contributed by atoms with Crippen LogP contribution in [0.2, 0.25) is 0 Å². The van der Waals surface area contributed by atoms with Crippen molar-refractivity contribution in [1.82, 2.24) is 10.2 Å². The maximum atomic E-state index is 3.60. The van der Waals surface area contributed by atoms with Gasteiger partial charge in [0.2, 0.25) is 0 Å². The normalized spacial score (nSPS) is 33.6. The van der Waals surface area contributed by atoms with Crippen LogP contribution in [0.3, 0.4) is 0 Å². The molecule has 0 spiro atoms. The number of nitrogens with one attached hydrogen (secondary N) is 1. The van der Waals surface area contributed by atoms with Crippen LogP contribution >= 0.6 is 0 Å². The number of nitrogens with zero attached hydrogens (tertiary/aromatic N) is 1. The van der Waals surface area contributed by atoms with Crippen molar-refractivity contribution in [3.63, 3.8) is 0 Å². The summed E-state index contributed by atoms with van der Waals surface area (Å²) in [6, 6.07) is 0.750. The fourth-order valence-electron chi connectivity index (χ4n) is 2.67. The second-order valence-corrected chi connectivity index (χ2v) is 5.34. The Morgan fingerprint density at radius 3 is 2.50 bits per heavy atom. The van der Waals surface area contributed by atoms with Gasteiger partial charge >= 0.3 is 0 Å². The van der Waals surface area contributed by atoms with Crippen molar-refractivity contribution in [1.29, 1.82) is 0 Å². The lowest BCUT2D eigenvalue weighted by molar-refractivity contribution is 0.188. The molecular formula is C12H24N2. The molecule has 1 aliphatic heterocycles. The van der Waals surface area contributed by atoms with Gasteiger partial charge in [0, 0.05) is 19.1 Å². The Kier molecular flexibility index (Phi) is 3.45. The van der Waals surface area contributed by atoms with Gasteiger partial charge in [-0.2, -0.15) is 0 Å². The van der Waals surface area contributed by atoms with Crippen molar-refractivity contribution in [2.24, 2.45) is 11.8 Å². The molecule has 0 aromatic heterocycles. The molecular weight excluding hydrogens is 172 g/mol.